The van der Waals surface area contributed by atoms with Gasteiger partial charge in [-0.3, -0.25) is 4.79 Å². The lowest BCUT2D eigenvalue weighted by Crippen LogP contribution is -2.51. The molecule has 7 nitrogen and oxygen atoms in total. The zero-order valence-electron chi connectivity index (χ0n) is 14.2. The molecule has 0 aromatic heterocycles. The fourth-order valence-corrected chi connectivity index (χ4v) is 3.75. The van der Waals surface area contributed by atoms with Gasteiger partial charge in [0, 0.05) is 26.2 Å². The molecule has 0 saturated carbocycles. The number of carbonyl (C=O) groups is 2. The maximum absolute atomic E-state index is 12.7. The van der Waals surface area contributed by atoms with Crippen LogP contribution in [0, 0.1) is 0 Å². The van der Waals surface area contributed by atoms with E-state index in [-0.39, 0.29) is 18.0 Å². The van der Waals surface area contributed by atoms with E-state index in [0.717, 1.165) is 37.2 Å². The van der Waals surface area contributed by atoms with E-state index < -0.39 is 0 Å². The third-order valence-electron chi connectivity index (χ3n) is 5.04. The van der Waals surface area contributed by atoms with Crippen LogP contribution in [-0.4, -0.2) is 67.2 Å². The van der Waals surface area contributed by atoms with Crippen LogP contribution in [0.5, 0.6) is 11.5 Å². The highest BCUT2D eigenvalue weighted by molar-refractivity contribution is 5.80. The lowest BCUT2D eigenvalue weighted by Gasteiger charge is -2.37. The first kappa shape index (κ1) is 16.1. The Kier molecular flexibility index (Phi) is 4.38. The van der Waals surface area contributed by atoms with Crippen LogP contribution in [0.4, 0.5) is 4.79 Å². The molecule has 4 rings (SSSR count). The maximum Gasteiger partial charge on any atom is 0.317 e. The Morgan fingerprint density at radius 2 is 2.04 bits per heavy atom. The number of carbonyl (C=O) groups excluding carboxylic acids is 2. The van der Waals surface area contributed by atoms with Gasteiger partial charge in [0.05, 0.1) is 12.5 Å². The van der Waals surface area contributed by atoms with E-state index in [4.69, 9.17) is 9.47 Å². The average molecular weight is 345 g/mol. The molecule has 0 spiro atoms. The summed E-state index contributed by atoms with van der Waals surface area (Å²) in [6, 6.07) is 5.79. The molecule has 3 heterocycles. The molecule has 3 aliphatic rings. The maximum atomic E-state index is 12.7. The number of nitrogens with zero attached hydrogens (tertiary/aromatic N) is 2. The summed E-state index contributed by atoms with van der Waals surface area (Å²) in [5.74, 6) is 1.54. The van der Waals surface area contributed by atoms with Gasteiger partial charge in [0.25, 0.3) is 0 Å². The molecule has 0 aliphatic carbocycles. The number of hydrogen-bond acceptors (Lipinski definition) is 4. The van der Waals surface area contributed by atoms with Crippen LogP contribution in [0.3, 0.4) is 0 Å². The number of rotatable bonds is 3. The van der Waals surface area contributed by atoms with Crippen molar-refractivity contribution in [2.24, 2.45) is 0 Å². The fraction of sp³-hybridized carbons (Fsp3) is 0.556. The minimum atomic E-state index is -0.00821. The van der Waals surface area contributed by atoms with Gasteiger partial charge < -0.3 is 24.6 Å². The second-order valence-electron chi connectivity index (χ2n) is 6.72. The van der Waals surface area contributed by atoms with Crippen molar-refractivity contribution in [1.29, 1.82) is 0 Å². The molecule has 1 atom stereocenters. The molecule has 0 radical (unpaired) electrons. The largest absolute Gasteiger partial charge is 0.486 e. The van der Waals surface area contributed by atoms with Crippen LogP contribution in [0.25, 0.3) is 0 Å². The van der Waals surface area contributed by atoms with Crippen LogP contribution in [0.2, 0.25) is 0 Å². The third-order valence-corrected chi connectivity index (χ3v) is 5.04. The minimum Gasteiger partial charge on any atom is -0.486 e. The summed E-state index contributed by atoms with van der Waals surface area (Å²) in [4.78, 5) is 28.3. The van der Waals surface area contributed by atoms with Crippen molar-refractivity contribution in [3.8, 4) is 11.5 Å². The molecular formula is C18H23N3O4. The van der Waals surface area contributed by atoms with E-state index in [9.17, 15) is 9.59 Å². The Balaban J connectivity index is 1.39. The molecule has 1 N–H and O–H groups in total. The zero-order valence-corrected chi connectivity index (χ0v) is 14.2. The predicted octanol–water partition coefficient (Wildman–Crippen LogP) is 1.02. The van der Waals surface area contributed by atoms with E-state index in [1.165, 1.54) is 0 Å². The van der Waals surface area contributed by atoms with Crippen LogP contribution in [-0.2, 0) is 11.2 Å². The van der Waals surface area contributed by atoms with E-state index in [2.05, 4.69) is 5.32 Å². The van der Waals surface area contributed by atoms with Gasteiger partial charge in [0.15, 0.2) is 11.5 Å². The third kappa shape index (κ3) is 3.36. The summed E-state index contributed by atoms with van der Waals surface area (Å²) < 4.78 is 11.1. The Bertz CT molecular complexity index is 678. The average Bonchev–Trinajstić information content (AvgIpc) is 3.08. The summed E-state index contributed by atoms with van der Waals surface area (Å²) >= 11 is 0. The molecule has 0 unspecified atom stereocenters. The number of benzene rings is 1. The highest BCUT2D eigenvalue weighted by Gasteiger charge is 2.32. The van der Waals surface area contributed by atoms with Crippen molar-refractivity contribution in [1.82, 2.24) is 15.1 Å². The Labute approximate surface area is 146 Å². The molecule has 2 fully saturated rings. The first-order valence-electron chi connectivity index (χ1n) is 8.91. The van der Waals surface area contributed by atoms with Crippen LogP contribution in [0.15, 0.2) is 18.2 Å². The highest BCUT2D eigenvalue weighted by Crippen LogP contribution is 2.31. The van der Waals surface area contributed by atoms with Crippen molar-refractivity contribution in [2.75, 3.05) is 39.4 Å². The minimum absolute atomic E-state index is 0.00821. The fourth-order valence-electron chi connectivity index (χ4n) is 3.75. The second kappa shape index (κ2) is 6.82. The van der Waals surface area contributed by atoms with Crippen molar-refractivity contribution >= 4 is 11.9 Å². The quantitative estimate of drug-likeness (QED) is 0.888. The number of nitrogens with one attached hydrogen (secondary N) is 1. The molecule has 2 saturated heterocycles. The lowest BCUT2D eigenvalue weighted by molar-refractivity contribution is -0.132. The second-order valence-corrected chi connectivity index (χ2v) is 6.72. The standard InChI is InChI=1S/C18H23N3O4/c22-17(11-13-3-4-15-16(10-13)25-9-8-24-15)20-6-1-2-14(12-20)21-7-5-19-18(21)23/h3-4,10,14H,1-2,5-9,11-12H2,(H,19,23)/t14-/m0/s1. The van der Waals surface area contributed by atoms with Crippen molar-refractivity contribution < 1.29 is 19.1 Å². The molecule has 3 aliphatic heterocycles. The van der Waals surface area contributed by atoms with Crippen molar-refractivity contribution in [3.63, 3.8) is 0 Å². The smallest absolute Gasteiger partial charge is 0.317 e. The molecule has 25 heavy (non-hydrogen) atoms. The van der Waals surface area contributed by atoms with Gasteiger partial charge in [0.2, 0.25) is 5.91 Å². The monoisotopic (exact) mass is 345 g/mol. The number of amides is 3. The van der Waals surface area contributed by atoms with Crippen molar-refractivity contribution in [2.45, 2.75) is 25.3 Å². The Hall–Kier alpha value is -2.44. The summed E-state index contributed by atoms with van der Waals surface area (Å²) in [6.07, 6.45) is 2.23. The van der Waals surface area contributed by atoms with E-state index in [0.29, 0.717) is 38.5 Å². The highest BCUT2D eigenvalue weighted by atomic mass is 16.6. The van der Waals surface area contributed by atoms with Gasteiger partial charge in [-0.25, -0.2) is 4.79 Å². The van der Waals surface area contributed by atoms with Crippen LogP contribution in [0.1, 0.15) is 18.4 Å². The van der Waals surface area contributed by atoms with E-state index >= 15 is 0 Å². The normalized spacial score (nSPS) is 22.7. The van der Waals surface area contributed by atoms with Gasteiger partial charge in [-0.1, -0.05) is 6.07 Å². The number of likely N-dealkylation sites (tertiary alicyclic amines) is 1. The lowest BCUT2D eigenvalue weighted by atomic mass is 10.0. The Morgan fingerprint density at radius 3 is 2.84 bits per heavy atom. The Morgan fingerprint density at radius 1 is 1.20 bits per heavy atom. The van der Waals surface area contributed by atoms with Crippen molar-refractivity contribution in [3.05, 3.63) is 23.8 Å². The number of hydrogen-bond donors (Lipinski definition) is 1. The van der Waals surface area contributed by atoms with Gasteiger partial charge in [-0.15, -0.1) is 0 Å². The molecule has 1 aromatic rings. The summed E-state index contributed by atoms with van der Waals surface area (Å²) in [6.45, 7) is 3.90. The topological polar surface area (TPSA) is 71.1 Å². The van der Waals surface area contributed by atoms with Crippen LogP contribution < -0.4 is 14.8 Å². The summed E-state index contributed by atoms with van der Waals surface area (Å²) in [5.41, 5.74) is 0.926. The number of fused-ring (bicyclic) bond motifs is 1. The molecule has 3 amide bonds. The van der Waals surface area contributed by atoms with E-state index in [1.807, 2.05) is 28.0 Å². The van der Waals surface area contributed by atoms with Gasteiger partial charge in [-0.05, 0) is 30.5 Å². The number of ether oxygens (including phenoxy) is 2. The number of piperidine rings is 1. The molecule has 1 aromatic carbocycles. The van der Waals surface area contributed by atoms with E-state index in [1.54, 1.807) is 0 Å². The summed E-state index contributed by atoms with van der Waals surface area (Å²) in [5, 5.41) is 2.84. The molecule has 134 valence electrons. The summed E-state index contributed by atoms with van der Waals surface area (Å²) in [7, 11) is 0. The molecular weight excluding hydrogens is 322 g/mol. The zero-order chi connectivity index (χ0) is 17.2. The van der Waals surface area contributed by atoms with Gasteiger partial charge in [0.1, 0.15) is 13.2 Å². The first-order chi connectivity index (χ1) is 12.2. The van der Waals surface area contributed by atoms with Gasteiger partial charge >= 0.3 is 6.03 Å². The SMILES string of the molecule is O=C(Cc1ccc2c(c1)OCCO2)N1CCC[C@H](N2CCNC2=O)C1. The molecule has 0 bridgehead atoms. The predicted molar refractivity (Wildman–Crippen MR) is 90.8 cm³/mol. The molecule has 7 heteroatoms. The van der Waals surface area contributed by atoms with Gasteiger partial charge in [-0.2, -0.15) is 0 Å². The number of urea groups is 1. The van der Waals surface area contributed by atoms with Crippen LogP contribution >= 0.6 is 0 Å². The first-order valence-corrected chi connectivity index (χ1v) is 8.91.